The molecular weight excluding hydrogens is 192 g/mol. The lowest BCUT2D eigenvalue weighted by atomic mass is 10.5. The van der Waals surface area contributed by atoms with Crippen LogP contribution in [0.15, 0.2) is 12.5 Å². The van der Waals surface area contributed by atoms with Crippen LogP contribution in [-0.4, -0.2) is 35.1 Å². The number of rotatable bonds is 4. The second-order valence-corrected chi connectivity index (χ2v) is 5.13. The van der Waals surface area contributed by atoms with Gasteiger partial charge in [-0.2, -0.15) is 0 Å². The molecule has 13 heavy (non-hydrogen) atoms. The van der Waals surface area contributed by atoms with Gasteiger partial charge in [0.05, 0.1) is 30.6 Å². The first kappa shape index (κ1) is 10.2. The van der Waals surface area contributed by atoms with E-state index in [0.29, 0.717) is 12.2 Å². The highest BCUT2D eigenvalue weighted by molar-refractivity contribution is 7.90. The molecule has 0 amide bonds. The van der Waals surface area contributed by atoms with Gasteiger partial charge < -0.3 is 9.67 Å². The van der Waals surface area contributed by atoms with Crippen molar-refractivity contribution in [2.75, 3.05) is 12.0 Å². The molecule has 0 saturated heterocycles. The highest BCUT2D eigenvalue weighted by Gasteiger charge is 2.05. The van der Waals surface area contributed by atoms with Crippen molar-refractivity contribution in [1.29, 1.82) is 0 Å². The third kappa shape index (κ3) is 3.16. The average Bonchev–Trinajstić information content (AvgIpc) is 2.46. The molecule has 1 aromatic rings. The number of aliphatic hydroxyl groups is 1. The predicted molar refractivity (Wildman–Crippen MR) is 47.9 cm³/mol. The maximum absolute atomic E-state index is 10.8. The Balaban J connectivity index is 2.64. The molecule has 0 atom stereocenters. The summed E-state index contributed by atoms with van der Waals surface area (Å²) in [5.74, 6) is 0.0658. The van der Waals surface area contributed by atoms with Crippen molar-refractivity contribution in [2.24, 2.45) is 0 Å². The first-order valence-corrected chi connectivity index (χ1v) is 5.86. The molecule has 0 saturated carbocycles. The Kier molecular flexibility index (Phi) is 3.05. The van der Waals surface area contributed by atoms with E-state index in [2.05, 4.69) is 4.98 Å². The van der Waals surface area contributed by atoms with E-state index in [4.69, 9.17) is 5.11 Å². The maximum atomic E-state index is 10.8. The number of sulfone groups is 1. The quantitative estimate of drug-likeness (QED) is 0.712. The van der Waals surface area contributed by atoms with E-state index < -0.39 is 9.84 Å². The lowest BCUT2D eigenvalue weighted by Gasteiger charge is -2.04. The Bertz CT molecular complexity index is 369. The first-order valence-electron chi connectivity index (χ1n) is 3.80. The van der Waals surface area contributed by atoms with E-state index >= 15 is 0 Å². The van der Waals surface area contributed by atoms with Crippen molar-refractivity contribution in [2.45, 2.75) is 13.2 Å². The Hall–Kier alpha value is -0.880. The summed E-state index contributed by atoms with van der Waals surface area (Å²) in [7, 11) is -2.96. The molecule has 0 aliphatic carbocycles. The van der Waals surface area contributed by atoms with Gasteiger partial charge in [0.2, 0.25) is 0 Å². The number of hydrogen-bond acceptors (Lipinski definition) is 4. The summed E-state index contributed by atoms with van der Waals surface area (Å²) < 4.78 is 23.3. The Morgan fingerprint density at radius 2 is 2.31 bits per heavy atom. The SMILES string of the molecule is CS(=O)(=O)CCn1cncc1CO. The van der Waals surface area contributed by atoms with Crippen LogP contribution in [0, 0.1) is 0 Å². The molecule has 6 heteroatoms. The number of aromatic nitrogens is 2. The van der Waals surface area contributed by atoms with Crippen molar-refractivity contribution in [3.05, 3.63) is 18.2 Å². The lowest BCUT2D eigenvalue weighted by molar-refractivity contribution is 0.271. The van der Waals surface area contributed by atoms with Crippen LogP contribution in [0.3, 0.4) is 0 Å². The van der Waals surface area contributed by atoms with Crippen molar-refractivity contribution in [1.82, 2.24) is 9.55 Å². The molecule has 74 valence electrons. The Morgan fingerprint density at radius 3 is 2.85 bits per heavy atom. The minimum Gasteiger partial charge on any atom is -0.390 e. The van der Waals surface area contributed by atoms with Gasteiger partial charge in [-0.1, -0.05) is 0 Å². The second-order valence-electron chi connectivity index (χ2n) is 2.87. The van der Waals surface area contributed by atoms with Gasteiger partial charge in [-0.15, -0.1) is 0 Å². The summed E-state index contributed by atoms with van der Waals surface area (Å²) in [5.41, 5.74) is 0.628. The van der Waals surface area contributed by atoms with Crippen LogP contribution in [0.2, 0.25) is 0 Å². The summed E-state index contributed by atoms with van der Waals surface area (Å²) in [6.07, 6.45) is 4.21. The average molecular weight is 204 g/mol. The van der Waals surface area contributed by atoms with Crippen LogP contribution >= 0.6 is 0 Å². The van der Waals surface area contributed by atoms with Gasteiger partial charge in [0.25, 0.3) is 0 Å². The molecule has 0 fully saturated rings. The largest absolute Gasteiger partial charge is 0.390 e. The van der Waals surface area contributed by atoms with E-state index in [1.54, 1.807) is 4.57 Å². The summed E-state index contributed by atoms with van der Waals surface area (Å²) in [4.78, 5) is 3.80. The summed E-state index contributed by atoms with van der Waals surface area (Å²) in [6, 6.07) is 0. The highest BCUT2D eigenvalue weighted by Crippen LogP contribution is 1.99. The lowest BCUT2D eigenvalue weighted by Crippen LogP contribution is -2.12. The zero-order valence-corrected chi connectivity index (χ0v) is 8.16. The van der Waals surface area contributed by atoms with Crippen molar-refractivity contribution in [3.8, 4) is 0 Å². The number of aliphatic hydroxyl groups excluding tert-OH is 1. The van der Waals surface area contributed by atoms with Gasteiger partial charge in [-0.25, -0.2) is 13.4 Å². The van der Waals surface area contributed by atoms with Crippen LogP contribution in [-0.2, 0) is 23.0 Å². The molecule has 0 spiro atoms. The molecule has 5 nitrogen and oxygen atoms in total. The van der Waals surface area contributed by atoms with Gasteiger partial charge in [-0.3, -0.25) is 0 Å². The van der Waals surface area contributed by atoms with Gasteiger partial charge in [0.15, 0.2) is 0 Å². The molecule has 1 N–H and O–H groups in total. The summed E-state index contributed by atoms with van der Waals surface area (Å²) in [6.45, 7) is 0.221. The first-order chi connectivity index (χ1) is 6.03. The summed E-state index contributed by atoms with van der Waals surface area (Å²) >= 11 is 0. The number of aryl methyl sites for hydroxylation is 1. The van der Waals surface area contributed by atoms with Gasteiger partial charge in [0, 0.05) is 12.8 Å². The van der Waals surface area contributed by atoms with Gasteiger partial charge in [0.1, 0.15) is 9.84 Å². The third-order valence-electron chi connectivity index (χ3n) is 1.66. The molecule has 0 aromatic carbocycles. The number of hydrogen-bond donors (Lipinski definition) is 1. The molecule has 1 rings (SSSR count). The predicted octanol–water partition coefficient (Wildman–Crippen LogP) is -0.580. The van der Waals surface area contributed by atoms with Crippen LogP contribution in [0.1, 0.15) is 5.69 Å². The highest BCUT2D eigenvalue weighted by atomic mass is 32.2. The Morgan fingerprint density at radius 1 is 1.62 bits per heavy atom. The van der Waals surface area contributed by atoms with Gasteiger partial charge in [-0.05, 0) is 0 Å². The van der Waals surface area contributed by atoms with Crippen LogP contribution in [0.25, 0.3) is 0 Å². The van der Waals surface area contributed by atoms with Crippen LogP contribution < -0.4 is 0 Å². The smallest absolute Gasteiger partial charge is 0.149 e. The molecule has 0 aliphatic rings. The van der Waals surface area contributed by atoms with Gasteiger partial charge >= 0.3 is 0 Å². The monoisotopic (exact) mass is 204 g/mol. The number of imidazole rings is 1. The molecular formula is C7H12N2O3S. The van der Waals surface area contributed by atoms with Crippen molar-refractivity contribution in [3.63, 3.8) is 0 Å². The molecule has 1 heterocycles. The maximum Gasteiger partial charge on any atom is 0.149 e. The van der Waals surface area contributed by atoms with E-state index in [0.717, 1.165) is 0 Å². The van der Waals surface area contributed by atoms with Crippen molar-refractivity contribution < 1.29 is 13.5 Å². The standard InChI is InChI=1S/C7H12N2O3S/c1-13(11,12)3-2-9-6-8-4-7(9)5-10/h4,6,10H,2-3,5H2,1H3. The van der Waals surface area contributed by atoms with E-state index in [9.17, 15) is 8.42 Å². The summed E-state index contributed by atoms with van der Waals surface area (Å²) in [5, 5.41) is 8.83. The normalized spacial score (nSPS) is 11.8. The fourth-order valence-electron chi connectivity index (χ4n) is 0.945. The molecule has 0 unspecified atom stereocenters. The number of nitrogens with zero attached hydrogens (tertiary/aromatic N) is 2. The van der Waals surface area contributed by atoms with E-state index in [-0.39, 0.29) is 12.4 Å². The van der Waals surface area contributed by atoms with Crippen LogP contribution in [0.4, 0.5) is 0 Å². The second kappa shape index (κ2) is 3.89. The zero-order chi connectivity index (χ0) is 9.90. The topological polar surface area (TPSA) is 72.2 Å². The Labute approximate surface area is 76.9 Å². The minimum atomic E-state index is -2.96. The molecule has 0 bridgehead atoms. The molecule has 1 aromatic heterocycles. The van der Waals surface area contributed by atoms with Crippen molar-refractivity contribution >= 4 is 9.84 Å². The minimum absolute atomic E-state index is 0.0658. The zero-order valence-electron chi connectivity index (χ0n) is 7.34. The fourth-order valence-corrected chi connectivity index (χ4v) is 1.47. The fraction of sp³-hybridized carbons (Fsp3) is 0.571. The van der Waals surface area contributed by atoms with E-state index in [1.165, 1.54) is 18.8 Å². The van der Waals surface area contributed by atoms with Crippen LogP contribution in [0.5, 0.6) is 0 Å². The molecule has 0 radical (unpaired) electrons. The molecule has 0 aliphatic heterocycles. The third-order valence-corrected chi connectivity index (χ3v) is 2.59. The van der Waals surface area contributed by atoms with E-state index in [1.807, 2.05) is 0 Å².